The van der Waals surface area contributed by atoms with Crippen LogP contribution in [0.5, 0.6) is 0 Å². The van der Waals surface area contributed by atoms with Crippen molar-refractivity contribution >= 4 is 35.1 Å². The Hall–Kier alpha value is -2.08. The summed E-state index contributed by atoms with van der Waals surface area (Å²) in [6.45, 7) is 6.53. The molecule has 0 bridgehead atoms. The molecule has 0 fully saturated rings. The summed E-state index contributed by atoms with van der Waals surface area (Å²) in [5.74, 6) is -1.98. The lowest BCUT2D eigenvalue weighted by molar-refractivity contribution is -0.138. The zero-order valence-corrected chi connectivity index (χ0v) is 14.3. The summed E-state index contributed by atoms with van der Waals surface area (Å²) in [6, 6.07) is 4.26. The summed E-state index contributed by atoms with van der Waals surface area (Å²) in [5, 5.41) is 11.8. The van der Waals surface area contributed by atoms with Crippen LogP contribution in [-0.2, 0) is 9.59 Å². The van der Waals surface area contributed by atoms with Crippen molar-refractivity contribution in [1.82, 2.24) is 4.90 Å². The molecule has 1 aromatic carbocycles. The molecule has 0 spiro atoms. The molecule has 0 aliphatic heterocycles. The lowest BCUT2D eigenvalue weighted by atomic mass is 10.1. The van der Waals surface area contributed by atoms with E-state index >= 15 is 0 Å². The average Bonchev–Trinajstić information content (AvgIpc) is 2.45. The molecule has 1 aromatic rings. The summed E-state index contributed by atoms with van der Waals surface area (Å²) >= 11 is 6.07. The van der Waals surface area contributed by atoms with E-state index in [9.17, 15) is 14.4 Å². The number of hydrogen-bond acceptors (Lipinski definition) is 3. The van der Waals surface area contributed by atoms with Crippen LogP contribution in [0, 0.1) is 5.92 Å². The number of carboxylic acids is 1. The van der Waals surface area contributed by atoms with Crippen molar-refractivity contribution in [1.29, 1.82) is 0 Å². The van der Waals surface area contributed by atoms with Crippen molar-refractivity contribution in [3.63, 3.8) is 0 Å². The Labute approximate surface area is 140 Å². The molecule has 7 heteroatoms. The molecule has 23 heavy (non-hydrogen) atoms. The van der Waals surface area contributed by atoms with E-state index in [0.29, 0.717) is 5.69 Å². The van der Waals surface area contributed by atoms with Crippen molar-refractivity contribution in [2.75, 3.05) is 11.9 Å². The highest BCUT2D eigenvalue weighted by Gasteiger charge is 2.23. The topological polar surface area (TPSA) is 86.7 Å². The summed E-state index contributed by atoms with van der Waals surface area (Å²) in [5.41, 5.74) is 0.596. The van der Waals surface area contributed by atoms with E-state index in [2.05, 4.69) is 5.32 Å². The summed E-state index contributed by atoms with van der Waals surface area (Å²) in [7, 11) is 0. The second-order valence-corrected chi connectivity index (χ2v) is 6.17. The van der Waals surface area contributed by atoms with Gasteiger partial charge in [-0.1, -0.05) is 25.4 Å². The molecule has 0 heterocycles. The van der Waals surface area contributed by atoms with Crippen LogP contribution in [0.15, 0.2) is 18.2 Å². The van der Waals surface area contributed by atoms with Crippen LogP contribution >= 0.6 is 11.6 Å². The monoisotopic (exact) mass is 340 g/mol. The standard InChI is InChI=1S/C16H21ClN2O4/c1-9(2)15(22)18-11-5-6-13(17)12(7-11)16(23)19(10(3)4)8-14(20)21/h5-7,9-10H,8H2,1-4H3,(H,18,22)(H,20,21). The van der Waals surface area contributed by atoms with Crippen LogP contribution in [0.4, 0.5) is 5.69 Å². The Morgan fingerprint density at radius 2 is 1.83 bits per heavy atom. The Morgan fingerprint density at radius 1 is 1.22 bits per heavy atom. The van der Waals surface area contributed by atoms with E-state index in [1.807, 2.05) is 0 Å². The quantitative estimate of drug-likeness (QED) is 0.833. The number of nitrogens with zero attached hydrogens (tertiary/aromatic N) is 1. The van der Waals surface area contributed by atoms with Crippen LogP contribution in [0.1, 0.15) is 38.1 Å². The first-order valence-electron chi connectivity index (χ1n) is 7.26. The van der Waals surface area contributed by atoms with Crippen molar-refractivity contribution in [2.24, 2.45) is 5.92 Å². The number of anilines is 1. The van der Waals surface area contributed by atoms with E-state index in [-0.39, 0.29) is 28.5 Å². The first-order chi connectivity index (χ1) is 10.6. The number of amides is 2. The first-order valence-corrected chi connectivity index (χ1v) is 7.64. The van der Waals surface area contributed by atoms with Gasteiger partial charge in [0.05, 0.1) is 10.6 Å². The van der Waals surface area contributed by atoms with Crippen molar-refractivity contribution in [3.8, 4) is 0 Å². The molecule has 0 aliphatic carbocycles. The average molecular weight is 341 g/mol. The zero-order chi connectivity index (χ0) is 17.7. The van der Waals surface area contributed by atoms with Crippen LogP contribution < -0.4 is 5.32 Å². The fourth-order valence-electron chi connectivity index (χ4n) is 1.84. The van der Waals surface area contributed by atoms with Gasteiger partial charge >= 0.3 is 5.97 Å². The molecule has 2 amide bonds. The molecule has 2 N–H and O–H groups in total. The number of aliphatic carboxylic acids is 1. The molecule has 0 atom stereocenters. The zero-order valence-electron chi connectivity index (χ0n) is 13.6. The first kappa shape index (κ1) is 19.0. The number of carbonyl (C=O) groups excluding carboxylic acids is 2. The Kier molecular flexibility index (Phi) is 6.57. The smallest absolute Gasteiger partial charge is 0.323 e. The Balaban J connectivity index is 3.12. The number of hydrogen-bond donors (Lipinski definition) is 2. The highest BCUT2D eigenvalue weighted by Crippen LogP contribution is 2.23. The minimum Gasteiger partial charge on any atom is -0.480 e. The number of nitrogens with one attached hydrogen (secondary N) is 1. The van der Waals surface area contributed by atoms with Gasteiger partial charge in [0.15, 0.2) is 0 Å². The minimum atomic E-state index is -1.10. The molecule has 0 aliphatic rings. The van der Waals surface area contributed by atoms with Gasteiger partial charge in [-0.05, 0) is 32.0 Å². The SMILES string of the molecule is CC(C)C(=O)Nc1ccc(Cl)c(C(=O)N(CC(=O)O)C(C)C)c1. The maximum Gasteiger partial charge on any atom is 0.323 e. The van der Waals surface area contributed by atoms with Gasteiger partial charge in [0, 0.05) is 17.6 Å². The largest absolute Gasteiger partial charge is 0.480 e. The molecule has 126 valence electrons. The number of halogens is 1. The van der Waals surface area contributed by atoms with Gasteiger partial charge in [-0.25, -0.2) is 0 Å². The van der Waals surface area contributed by atoms with Crippen molar-refractivity contribution < 1.29 is 19.5 Å². The molecular weight excluding hydrogens is 320 g/mol. The molecule has 1 rings (SSSR count). The molecule has 0 radical (unpaired) electrons. The second kappa shape index (κ2) is 7.97. The van der Waals surface area contributed by atoms with Gasteiger partial charge in [0.2, 0.25) is 5.91 Å². The summed E-state index contributed by atoms with van der Waals surface area (Å²) < 4.78 is 0. The van der Waals surface area contributed by atoms with Gasteiger partial charge in [-0.3, -0.25) is 14.4 Å². The fraction of sp³-hybridized carbons (Fsp3) is 0.438. The number of carboxylic acid groups (broad SMARTS) is 1. The molecule has 6 nitrogen and oxygen atoms in total. The Bertz CT molecular complexity index is 614. The van der Waals surface area contributed by atoms with Crippen LogP contribution in [0.3, 0.4) is 0 Å². The Morgan fingerprint density at radius 3 is 2.30 bits per heavy atom. The number of carbonyl (C=O) groups is 3. The van der Waals surface area contributed by atoms with Gasteiger partial charge in [0.1, 0.15) is 6.54 Å². The van der Waals surface area contributed by atoms with Crippen LogP contribution in [0.2, 0.25) is 5.02 Å². The predicted molar refractivity (Wildman–Crippen MR) is 88.7 cm³/mol. The lowest BCUT2D eigenvalue weighted by Gasteiger charge is -2.25. The number of rotatable bonds is 6. The predicted octanol–water partition coefficient (Wildman–Crippen LogP) is 2.87. The van der Waals surface area contributed by atoms with Crippen LogP contribution in [-0.4, -0.2) is 40.4 Å². The van der Waals surface area contributed by atoms with Gasteiger partial charge < -0.3 is 15.3 Å². The van der Waals surface area contributed by atoms with Gasteiger partial charge in [-0.15, -0.1) is 0 Å². The second-order valence-electron chi connectivity index (χ2n) is 5.76. The third-order valence-corrected chi connectivity index (χ3v) is 3.51. The third-order valence-electron chi connectivity index (χ3n) is 3.18. The van der Waals surface area contributed by atoms with E-state index in [1.165, 1.54) is 17.0 Å². The summed E-state index contributed by atoms with van der Waals surface area (Å²) in [6.07, 6.45) is 0. The van der Waals surface area contributed by atoms with E-state index in [0.717, 1.165) is 0 Å². The third kappa shape index (κ3) is 5.25. The normalized spacial score (nSPS) is 10.7. The maximum absolute atomic E-state index is 12.6. The lowest BCUT2D eigenvalue weighted by Crippen LogP contribution is -2.40. The summed E-state index contributed by atoms with van der Waals surface area (Å²) in [4.78, 5) is 36.5. The maximum atomic E-state index is 12.6. The number of benzene rings is 1. The van der Waals surface area contributed by atoms with Crippen molar-refractivity contribution in [2.45, 2.75) is 33.7 Å². The van der Waals surface area contributed by atoms with E-state index < -0.39 is 18.4 Å². The van der Waals surface area contributed by atoms with E-state index in [4.69, 9.17) is 16.7 Å². The van der Waals surface area contributed by atoms with Crippen molar-refractivity contribution in [3.05, 3.63) is 28.8 Å². The van der Waals surface area contributed by atoms with Gasteiger partial charge in [-0.2, -0.15) is 0 Å². The highest BCUT2D eigenvalue weighted by molar-refractivity contribution is 6.34. The van der Waals surface area contributed by atoms with Crippen LogP contribution in [0.25, 0.3) is 0 Å². The van der Waals surface area contributed by atoms with E-state index in [1.54, 1.807) is 33.8 Å². The molecule has 0 unspecified atom stereocenters. The molecular formula is C16H21ClN2O4. The molecule has 0 aromatic heterocycles. The minimum absolute atomic E-state index is 0.156. The molecule has 0 saturated heterocycles. The highest BCUT2D eigenvalue weighted by atomic mass is 35.5. The van der Waals surface area contributed by atoms with Gasteiger partial charge in [0.25, 0.3) is 5.91 Å². The fourth-order valence-corrected chi connectivity index (χ4v) is 2.04. The molecule has 0 saturated carbocycles.